The topological polar surface area (TPSA) is 176 Å². The minimum absolute atomic E-state index is 0.0602. The molecule has 17 heteroatoms. The Labute approximate surface area is 324 Å². The smallest absolute Gasteiger partial charge is 0.491 e. The summed E-state index contributed by atoms with van der Waals surface area (Å²) in [5.41, 5.74) is 1.86. The molecular weight excluding hydrogens is 741 g/mol. The van der Waals surface area contributed by atoms with Gasteiger partial charge in [0, 0.05) is 37.4 Å². The number of carboxylic acid groups (broad SMARTS) is 1. The summed E-state index contributed by atoms with van der Waals surface area (Å²) >= 11 is 0. The van der Waals surface area contributed by atoms with Crippen molar-refractivity contribution in [3.05, 3.63) is 71.9 Å². The highest BCUT2D eigenvalue weighted by atomic mass is 19.4. The lowest BCUT2D eigenvalue weighted by Crippen LogP contribution is -2.39. The fourth-order valence-electron chi connectivity index (χ4n) is 5.10. The number of carboxylic acids is 1. The Hall–Kier alpha value is -4.97. The van der Waals surface area contributed by atoms with Crippen molar-refractivity contribution in [3.63, 3.8) is 0 Å². The van der Waals surface area contributed by atoms with Gasteiger partial charge < -0.3 is 49.5 Å². The standard InChI is InChI=1S/C39H51F3N4O10/c1-3-15-51-16-17-52-18-19-53-20-21-54-22-23-55-31-10-11-32(34(25-31)56-39(40,41)42)29-6-8-30(9-7-29)33(26-38(49)50)46-37(48)27-45-36(47)5-4-13-43-35-24-28(2)12-14-44-35/h6-12,14,24-25,33H,3-5,13,15-23,26-27H2,1-2H3,(H,43,44)(H,45,47)(H,46,48)(H,49,50)/t33-/m0/s1. The Morgan fingerprint density at radius 1 is 0.821 bits per heavy atom. The van der Waals surface area contributed by atoms with Crippen LogP contribution in [-0.2, 0) is 33.3 Å². The third-order valence-corrected chi connectivity index (χ3v) is 7.73. The van der Waals surface area contributed by atoms with E-state index in [-0.39, 0.29) is 43.4 Å². The van der Waals surface area contributed by atoms with E-state index in [4.69, 9.17) is 23.7 Å². The lowest BCUT2D eigenvalue weighted by molar-refractivity contribution is -0.274. The summed E-state index contributed by atoms with van der Waals surface area (Å²) in [6, 6.07) is 12.7. The van der Waals surface area contributed by atoms with Gasteiger partial charge in [0.15, 0.2) is 0 Å². The molecule has 0 unspecified atom stereocenters. The highest BCUT2D eigenvalue weighted by Crippen LogP contribution is 2.37. The molecule has 2 amide bonds. The molecule has 0 saturated carbocycles. The van der Waals surface area contributed by atoms with E-state index < -0.39 is 36.5 Å². The van der Waals surface area contributed by atoms with Gasteiger partial charge in [-0.3, -0.25) is 14.4 Å². The van der Waals surface area contributed by atoms with Crippen molar-refractivity contribution in [2.75, 3.05) is 77.9 Å². The Morgan fingerprint density at radius 3 is 2.07 bits per heavy atom. The van der Waals surface area contributed by atoms with Crippen LogP contribution in [0, 0.1) is 6.92 Å². The molecule has 3 rings (SSSR count). The SMILES string of the molecule is CCCOCCOCCOCCOCCOc1ccc(-c2ccc([C@H](CC(=O)O)NC(=O)CNC(=O)CCCNc3cc(C)ccn3)cc2)c(OC(F)(F)F)c1. The Morgan fingerprint density at radius 2 is 1.46 bits per heavy atom. The first-order valence-electron chi connectivity index (χ1n) is 18.3. The molecule has 56 heavy (non-hydrogen) atoms. The van der Waals surface area contributed by atoms with E-state index in [1.54, 1.807) is 6.20 Å². The van der Waals surface area contributed by atoms with Crippen LogP contribution in [0.2, 0.25) is 0 Å². The number of aliphatic carboxylic acids is 1. The molecule has 1 heterocycles. The number of alkyl halides is 3. The molecule has 0 saturated heterocycles. The van der Waals surface area contributed by atoms with Gasteiger partial charge in [0.25, 0.3) is 0 Å². The fraction of sp³-hybridized carbons (Fsp3) is 0.487. The van der Waals surface area contributed by atoms with E-state index in [0.29, 0.717) is 76.2 Å². The molecule has 0 aliphatic rings. The van der Waals surface area contributed by atoms with Gasteiger partial charge in [0.1, 0.15) is 23.9 Å². The predicted octanol–water partition coefficient (Wildman–Crippen LogP) is 5.45. The van der Waals surface area contributed by atoms with Crippen molar-refractivity contribution in [1.82, 2.24) is 15.6 Å². The summed E-state index contributed by atoms with van der Waals surface area (Å²) in [4.78, 5) is 40.8. The molecule has 1 aromatic heterocycles. The van der Waals surface area contributed by atoms with Crippen LogP contribution in [-0.4, -0.2) is 107 Å². The molecule has 0 spiro atoms. The second kappa shape index (κ2) is 25.2. The summed E-state index contributed by atoms with van der Waals surface area (Å²) in [7, 11) is 0. The number of benzene rings is 2. The van der Waals surface area contributed by atoms with Crippen molar-refractivity contribution >= 4 is 23.6 Å². The first-order chi connectivity index (χ1) is 26.9. The third-order valence-electron chi connectivity index (χ3n) is 7.73. The molecular formula is C39H51F3N4O10. The Kier molecular flexibility index (Phi) is 20.5. The number of pyridine rings is 1. The van der Waals surface area contributed by atoms with Gasteiger partial charge in [-0.05, 0) is 60.7 Å². The molecule has 1 atom stereocenters. The second-order valence-corrected chi connectivity index (χ2v) is 12.4. The first kappa shape index (κ1) is 45.4. The fourth-order valence-corrected chi connectivity index (χ4v) is 5.10. The van der Waals surface area contributed by atoms with Gasteiger partial charge >= 0.3 is 12.3 Å². The maximum absolute atomic E-state index is 13.4. The summed E-state index contributed by atoms with van der Waals surface area (Å²) in [5, 5.41) is 17.7. The van der Waals surface area contributed by atoms with Crippen LogP contribution in [0.4, 0.5) is 19.0 Å². The number of hydrogen-bond acceptors (Lipinski definition) is 11. The average molecular weight is 793 g/mol. The van der Waals surface area contributed by atoms with E-state index in [1.807, 2.05) is 26.0 Å². The summed E-state index contributed by atoms with van der Waals surface area (Å²) < 4.78 is 71.7. The number of carbonyl (C=O) groups is 3. The number of carbonyl (C=O) groups excluding carboxylic acids is 2. The van der Waals surface area contributed by atoms with Gasteiger partial charge in [0.05, 0.1) is 65.3 Å². The summed E-state index contributed by atoms with van der Waals surface area (Å²) in [6.45, 7) is 7.51. The quantitative estimate of drug-likeness (QED) is 0.0686. The monoisotopic (exact) mass is 792 g/mol. The lowest BCUT2D eigenvalue weighted by atomic mass is 9.98. The van der Waals surface area contributed by atoms with Crippen molar-refractivity contribution in [3.8, 4) is 22.6 Å². The number of hydrogen-bond donors (Lipinski definition) is 4. The normalized spacial score (nSPS) is 11.8. The molecule has 0 bridgehead atoms. The molecule has 4 N–H and O–H groups in total. The minimum Gasteiger partial charge on any atom is -0.491 e. The van der Waals surface area contributed by atoms with E-state index in [0.717, 1.165) is 18.1 Å². The van der Waals surface area contributed by atoms with Crippen LogP contribution in [0.1, 0.15) is 49.8 Å². The zero-order valence-corrected chi connectivity index (χ0v) is 31.7. The summed E-state index contributed by atoms with van der Waals surface area (Å²) in [6.07, 6.45) is -2.20. The van der Waals surface area contributed by atoms with E-state index in [1.165, 1.54) is 36.4 Å². The highest BCUT2D eigenvalue weighted by molar-refractivity contribution is 5.85. The number of ether oxygens (including phenoxy) is 6. The van der Waals surface area contributed by atoms with Crippen LogP contribution in [0.25, 0.3) is 11.1 Å². The number of anilines is 1. The van der Waals surface area contributed by atoms with E-state index in [9.17, 15) is 32.7 Å². The number of aromatic nitrogens is 1. The van der Waals surface area contributed by atoms with Crippen molar-refractivity contribution in [2.45, 2.75) is 51.9 Å². The van der Waals surface area contributed by atoms with Gasteiger partial charge in [0.2, 0.25) is 11.8 Å². The number of amides is 2. The van der Waals surface area contributed by atoms with Crippen molar-refractivity contribution < 1.29 is 61.1 Å². The number of aryl methyl sites for hydroxylation is 1. The second-order valence-electron chi connectivity index (χ2n) is 12.4. The maximum Gasteiger partial charge on any atom is 0.573 e. The van der Waals surface area contributed by atoms with Crippen LogP contribution < -0.4 is 25.4 Å². The molecule has 2 aromatic carbocycles. The molecule has 14 nitrogen and oxygen atoms in total. The molecule has 0 radical (unpaired) electrons. The Bertz CT molecular complexity index is 1630. The maximum atomic E-state index is 13.4. The van der Waals surface area contributed by atoms with Gasteiger partial charge in [-0.25, -0.2) is 4.98 Å². The number of nitrogens with zero attached hydrogens (tertiary/aromatic N) is 1. The van der Waals surface area contributed by atoms with Crippen LogP contribution in [0.5, 0.6) is 11.5 Å². The van der Waals surface area contributed by atoms with Crippen LogP contribution in [0.15, 0.2) is 60.8 Å². The molecule has 0 fully saturated rings. The van der Waals surface area contributed by atoms with Crippen LogP contribution >= 0.6 is 0 Å². The largest absolute Gasteiger partial charge is 0.573 e. The number of rotatable bonds is 28. The third kappa shape index (κ3) is 19.1. The van der Waals surface area contributed by atoms with Crippen LogP contribution in [0.3, 0.4) is 0 Å². The highest BCUT2D eigenvalue weighted by Gasteiger charge is 2.32. The van der Waals surface area contributed by atoms with Gasteiger partial charge in [-0.15, -0.1) is 13.2 Å². The lowest BCUT2D eigenvalue weighted by Gasteiger charge is -2.19. The predicted molar refractivity (Wildman–Crippen MR) is 200 cm³/mol. The zero-order chi connectivity index (χ0) is 40.6. The van der Waals surface area contributed by atoms with Gasteiger partial charge in [-0.2, -0.15) is 0 Å². The molecule has 308 valence electrons. The number of halogens is 3. The van der Waals surface area contributed by atoms with Crippen molar-refractivity contribution in [2.24, 2.45) is 0 Å². The zero-order valence-electron chi connectivity index (χ0n) is 31.7. The Balaban J connectivity index is 1.48. The molecule has 0 aliphatic heterocycles. The van der Waals surface area contributed by atoms with Crippen molar-refractivity contribution in [1.29, 1.82) is 0 Å². The van der Waals surface area contributed by atoms with E-state index >= 15 is 0 Å². The molecule has 0 aliphatic carbocycles. The minimum atomic E-state index is -4.99. The first-order valence-corrected chi connectivity index (χ1v) is 18.3. The average Bonchev–Trinajstić information content (AvgIpc) is 3.15. The number of nitrogens with one attached hydrogen (secondary N) is 3. The molecule has 3 aromatic rings. The summed E-state index contributed by atoms with van der Waals surface area (Å²) in [5.74, 6) is -1.86. The van der Waals surface area contributed by atoms with E-state index in [2.05, 4.69) is 25.7 Å². The van der Waals surface area contributed by atoms with Gasteiger partial charge in [-0.1, -0.05) is 31.2 Å².